The number of fused-ring (bicyclic) bond motifs is 1. The van der Waals surface area contributed by atoms with E-state index in [1.807, 2.05) is 6.07 Å². The van der Waals surface area contributed by atoms with E-state index in [2.05, 4.69) is 20.3 Å². The molecule has 5 rings (SSSR count). The Labute approximate surface area is 189 Å². The highest BCUT2D eigenvalue weighted by molar-refractivity contribution is 6.00. The molecular weight excluding hydrogens is 423 g/mol. The molecule has 2 aliphatic rings. The van der Waals surface area contributed by atoms with Gasteiger partial charge in [0.25, 0.3) is 5.56 Å². The SMILES string of the molecule is Cc1c(F)ccc(C#N)c1-n1[nH]c(-c2ccc(C(=O)[C@@H]3NCCN4CCCC34)cn2)cc1=O. The van der Waals surface area contributed by atoms with Gasteiger partial charge in [-0.15, -0.1) is 0 Å². The van der Waals surface area contributed by atoms with Crippen molar-refractivity contribution < 1.29 is 9.18 Å². The Kier molecular flexibility index (Phi) is 5.40. The van der Waals surface area contributed by atoms with Gasteiger partial charge in [0.15, 0.2) is 5.78 Å². The van der Waals surface area contributed by atoms with Gasteiger partial charge >= 0.3 is 0 Å². The van der Waals surface area contributed by atoms with E-state index < -0.39 is 11.4 Å². The Bertz CT molecular complexity index is 1320. The third-order valence-electron chi connectivity index (χ3n) is 6.60. The number of carbonyl (C=O) groups excluding carboxylic acids is 1. The van der Waals surface area contributed by atoms with Gasteiger partial charge in [-0.1, -0.05) is 0 Å². The van der Waals surface area contributed by atoms with Crippen LogP contribution in [-0.2, 0) is 0 Å². The Morgan fingerprint density at radius 2 is 2.12 bits per heavy atom. The Hall–Kier alpha value is -3.61. The molecule has 1 aromatic carbocycles. The smallest absolute Gasteiger partial charge is 0.271 e. The summed E-state index contributed by atoms with van der Waals surface area (Å²) in [7, 11) is 0. The summed E-state index contributed by atoms with van der Waals surface area (Å²) in [5.74, 6) is -0.490. The van der Waals surface area contributed by atoms with Crippen molar-refractivity contribution in [2.45, 2.75) is 31.8 Å². The molecule has 4 heterocycles. The van der Waals surface area contributed by atoms with Crippen LogP contribution in [0.3, 0.4) is 0 Å². The normalized spacial score (nSPS) is 20.4. The van der Waals surface area contributed by atoms with E-state index in [1.54, 1.807) is 12.1 Å². The van der Waals surface area contributed by atoms with Crippen LogP contribution in [0.2, 0.25) is 0 Å². The number of ketones is 1. The van der Waals surface area contributed by atoms with Gasteiger partial charge in [-0.05, 0) is 50.6 Å². The molecule has 2 aliphatic heterocycles. The summed E-state index contributed by atoms with van der Waals surface area (Å²) in [4.78, 5) is 32.5. The zero-order valence-corrected chi connectivity index (χ0v) is 18.1. The second-order valence-electron chi connectivity index (χ2n) is 8.50. The van der Waals surface area contributed by atoms with Gasteiger partial charge in [0.05, 0.1) is 28.7 Å². The number of nitrogens with one attached hydrogen (secondary N) is 2. The quantitative estimate of drug-likeness (QED) is 0.595. The molecule has 33 heavy (non-hydrogen) atoms. The van der Waals surface area contributed by atoms with Crippen molar-refractivity contribution in [2.24, 2.45) is 0 Å². The van der Waals surface area contributed by atoms with Crippen molar-refractivity contribution in [3.63, 3.8) is 0 Å². The van der Waals surface area contributed by atoms with Crippen molar-refractivity contribution in [1.82, 2.24) is 25.0 Å². The highest BCUT2D eigenvalue weighted by Gasteiger charge is 2.38. The van der Waals surface area contributed by atoms with Crippen LogP contribution in [0.1, 0.15) is 34.3 Å². The molecule has 0 radical (unpaired) electrons. The van der Waals surface area contributed by atoms with Crippen LogP contribution in [-0.4, -0.2) is 57.2 Å². The maximum absolute atomic E-state index is 14.1. The maximum Gasteiger partial charge on any atom is 0.271 e. The summed E-state index contributed by atoms with van der Waals surface area (Å²) in [6.45, 7) is 4.31. The number of piperazine rings is 1. The fraction of sp³-hybridized carbons (Fsp3) is 0.333. The molecule has 2 aromatic heterocycles. The number of benzene rings is 1. The lowest BCUT2D eigenvalue weighted by molar-refractivity contribution is 0.0820. The van der Waals surface area contributed by atoms with Gasteiger partial charge < -0.3 is 5.32 Å². The molecule has 168 valence electrons. The molecule has 2 N–H and O–H groups in total. The number of nitriles is 1. The molecule has 0 bridgehead atoms. The van der Waals surface area contributed by atoms with E-state index in [4.69, 9.17) is 0 Å². The third-order valence-corrected chi connectivity index (χ3v) is 6.60. The van der Waals surface area contributed by atoms with E-state index in [1.165, 1.54) is 31.3 Å². The minimum absolute atomic E-state index is 0.0192. The van der Waals surface area contributed by atoms with Crippen LogP contribution < -0.4 is 10.9 Å². The average Bonchev–Trinajstić information content (AvgIpc) is 3.47. The molecule has 2 saturated heterocycles. The molecule has 8 nitrogen and oxygen atoms in total. The topological polar surface area (TPSA) is 107 Å². The largest absolute Gasteiger partial charge is 0.305 e. The first kappa shape index (κ1) is 21.2. The summed E-state index contributed by atoms with van der Waals surface area (Å²) in [5.41, 5.74) is 1.49. The lowest BCUT2D eigenvalue weighted by atomic mass is 9.95. The first-order valence-corrected chi connectivity index (χ1v) is 11.0. The minimum atomic E-state index is -0.509. The molecular formula is C24H23FN6O2. The van der Waals surface area contributed by atoms with E-state index in [-0.39, 0.29) is 34.7 Å². The molecule has 3 aromatic rings. The first-order valence-electron chi connectivity index (χ1n) is 11.0. The number of halogens is 1. The average molecular weight is 446 g/mol. The summed E-state index contributed by atoms with van der Waals surface area (Å²) in [6, 6.07) is 9.26. The fourth-order valence-corrected chi connectivity index (χ4v) is 4.90. The van der Waals surface area contributed by atoms with Crippen molar-refractivity contribution >= 4 is 5.78 Å². The number of aromatic amines is 1. The predicted octanol–water partition coefficient (Wildman–Crippen LogP) is 2.17. The van der Waals surface area contributed by atoms with Crippen molar-refractivity contribution in [3.8, 4) is 23.1 Å². The van der Waals surface area contributed by atoms with Crippen LogP contribution in [0, 0.1) is 24.1 Å². The molecule has 1 unspecified atom stereocenters. The van der Waals surface area contributed by atoms with Crippen LogP contribution in [0.15, 0.2) is 41.3 Å². The lowest BCUT2D eigenvalue weighted by Gasteiger charge is -2.36. The molecule has 9 heteroatoms. The van der Waals surface area contributed by atoms with E-state index >= 15 is 0 Å². The number of hydrogen-bond donors (Lipinski definition) is 2. The van der Waals surface area contributed by atoms with Gasteiger partial charge in [0, 0.05) is 42.5 Å². The Morgan fingerprint density at radius 1 is 1.27 bits per heavy atom. The molecule has 0 aliphatic carbocycles. The number of aromatic nitrogens is 3. The third kappa shape index (κ3) is 3.67. The molecule has 0 spiro atoms. The standard InChI is InChI=1S/C24H23FN6O2/c1-14-17(25)6-4-15(12-26)23(14)31-21(32)11-19(29-31)18-7-5-16(13-28-18)24(33)22-20-3-2-9-30(20)10-8-27-22/h4-7,11,13,20,22,27,29H,2-3,8-10H2,1H3/t20?,22-/m1/s1. The second-order valence-corrected chi connectivity index (χ2v) is 8.50. The molecule has 2 atom stereocenters. The van der Waals surface area contributed by atoms with Crippen LogP contribution >= 0.6 is 0 Å². The van der Waals surface area contributed by atoms with Gasteiger partial charge in [0.1, 0.15) is 11.9 Å². The Balaban J connectivity index is 1.43. The maximum atomic E-state index is 14.1. The fourth-order valence-electron chi connectivity index (χ4n) is 4.90. The van der Waals surface area contributed by atoms with Gasteiger partial charge in [0.2, 0.25) is 0 Å². The number of pyridine rings is 1. The number of carbonyl (C=O) groups is 1. The first-order chi connectivity index (χ1) is 16.0. The summed E-state index contributed by atoms with van der Waals surface area (Å²) >= 11 is 0. The molecule has 0 amide bonds. The summed E-state index contributed by atoms with van der Waals surface area (Å²) < 4.78 is 15.3. The van der Waals surface area contributed by atoms with E-state index in [0.717, 1.165) is 37.2 Å². The minimum Gasteiger partial charge on any atom is -0.305 e. The predicted molar refractivity (Wildman–Crippen MR) is 120 cm³/mol. The number of Topliss-reactive ketones (excluding diaryl/α,β-unsaturated/α-hetero) is 1. The van der Waals surface area contributed by atoms with Crippen LogP contribution in [0.5, 0.6) is 0 Å². The Morgan fingerprint density at radius 3 is 2.88 bits per heavy atom. The second kappa shape index (κ2) is 8.39. The van der Waals surface area contributed by atoms with Gasteiger partial charge in [-0.2, -0.15) is 5.26 Å². The lowest BCUT2D eigenvalue weighted by Crippen LogP contribution is -2.58. The molecule has 0 saturated carbocycles. The van der Waals surface area contributed by atoms with Crippen LogP contribution in [0.4, 0.5) is 4.39 Å². The van der Waals surface area contributed by atoms with Gasteiger partial charge in [-0.3, -0.25) is 24.6 Å². The van der Waals surface area contributed by atoms with Gasteiger partial charge in [-0.25, -0.2) is 9.07 Å². The monoisotopic (exact) mass is 446 g/mol. The summed E-state index contributed by atoms with van der Waals surface area (Å²) in [5, 5.41) is 15.7. The summed E-state index contributed by atoms with van der Waals surface area (Å²) in [6.07, 6.45) is 3.64. The van der Waals surface area contributed by atoms with E-state index in [9.17, 15) is 19.2 Å². The zero-order valence-electron chi connectivity index (χ0n) is 18.1. The number of H-pyrrole nitrogens is 1. The van der Waals surface area contributed by atoms with E-state index in [0.29, 0.717) is 17.0 Å². The number of rotatable bonds is 4. The zero-order chi connectivity index (χ0) is 23.1. The number of hydrogen-bond acceptors (Lipinski definition) is 6. The number of nitrogens with zero attached hydrogens (tertiary/aromatic N) is 4. The van der Waals surface area contributed by atoms with Crippen molar-refractivity contribution in [2.75, 3.05) is 19.6 Å². The van der Waals surface area contributed by atoms with Crippen LogP contribution in [0.25, 0.3) is 17.1 Å². The van der Waals surface area contributed by atoms with Crippen molar-refractivity contribution in [3.05, 3.63) is 69.4 Å². The highest BCUT2D eigenvalue weighted by atomic mass is 19.1. The van der Waals surface area contributed by atoms with Crippen molar-refractivity contribution in [1.29, 1.82) is 5.26 Å². The molecule has 2 fully saturated rings. The highest BCUT2D eigenvalue weighted by Crippen LogP contribution is 2.25.